The van der Waals surface area contributed by atoms with Gasteiger partial charge in [0.1, 0.15) is 11.2 Å². The van der Waals surface area contributed by atoms with Crippen molar-refractivity contribution in [3.05, 3.63) is 33.9 Å². The molecule has 1 atom stereocenters. The first-order valence-corrected chi connectivity index (χ1v) is 6.28. The van der Waals surface area contributed by atoms with Crippen molar-refractivity contribution in [3.63, 3.8) is 0 Å². The molecule has 6 nitrogen and oxygen atoms in total. The Morgan fingerprint density at radius 3 is 2.75 bits per heavy atom. The van der Waals surface area contributed by atoms with Crippen molar-refractivity contribution in [2.24, 2.45) is 5.41 Å². The van der Waals surface area contributed by atoms with Crippen LogP contribution in [-0.2, 0) is 11.2 Å². The van der Waals surface area contributed by atoms with E-state index in [-0.39, 0.29) is 17.9 Å². The average Bonchev–Trinajstić information content (AvgIpc) is 2.80. The van der Waals surface area contributed by atoms with Crippen molar-refractivity contribution in [2.75, 3.05) is 7.11 Å². The Labute approximate surface area is 116 Å². The molecule has 1 fully saturated rings. The van der Waals surface area contributed by atoms with Gasteiger partial charge in [0, 0.05) is 12.5 Å². The fraction of sp³-hybridized carbons (Fsp3) is 0.429. The molecule has 2 rings (SSSR count). The number of non-ortho nitro benzene ring substituents is 1. The van der Waals surface area contributed by atoms with E-state index in [1.54, 1.807) is 6.07 Å². The van der Waals surface area contributed by atoms with E-state index in [2.05, 4.69) is 6.07 Å². The van der Waals surface area contributed by atoms with Gasteiger partial charge in [0.25, 0.3) is 5.69 Å². The van der Waals surface area contributed by atoms with Gasteiger partial charge in [0.2, 0.25) is 0 Å². The number of carbonyl (C=O) groups excluding carboxylic acids is 1. The summed E-state index contributed by atoms with van der Waals surface area (Å²) in [6.45, 7) is 0. The maximum absolute atomic E-state index is 11.9. The van der Waals surface area contributed by atoms with E-state index in [9.17, 15) is 20.2 Å². The van der Waals surface area contributed by atoms with Crippen LogP contribution in [0, 0.1) is 26.9 Å². The molecule has 0 aromatic heterocycles. The second kappa shape index (κ2) is 5.29. The molecule has 6 heteroatoms. The molecule has 1 aromatic rings. The molecule has 0 saturated heterocycles. The molecule has 0 bridgehead atoms. The molecule has 1 unspecified atom stereocenters. The average molecular weight is 274 g/mol. The molecule has 104 valence electrons. The van der Waals surface area contributed by atoms with Crippen LogP contribution in [0.2, 0.25) is 0 Å². The van der Waals surface area contributed by atoms with E-state index in [0.29, 0.717) is 30.6 Å². The maximum atomic E-state index is 11.9. The lowest BCUT2D eigenvalue weighted by Gasteiger charge is -2.18. The SMILES string of the molecule is COc1cc(CC2(C#N)CCCC2=O)cc([N+](=O)[O-])c1. The molecule has 1 aliphatic rings. The molecule has 0 N–H and O–H groups in total. The fourth-order valence-electron chi connectivity index (χ4n) is 2.59. The lowest BCUT2D eigenvalue weighted by atomic mass is 9.80. The highest BCUT2D eigenvalue weighted by Crippen LogP contribution is 2.38. The Hall–Kier alpha value is -2.42. The van der Waals surface area contributed by atoms with E-state index in [1.807, 2.05) is 0 Å². The van der Waals surface area contributed by atoms with E-state index in [1.165, 1.54) is 19.2 Å². The molecule has 0 amide bonds. The van der Waals surface area contributed by atoms with E-state index in [4.69, 9.17) is 4.74 Å². The Morgan fingerprint density at radius 1 is 1.50 bits per heavy atom. The minimum atomic E-state index is -1.04. The number of nitriles is 1. The van der Waals surface area contributed by atoms with E-state index >= 15 is 0 Å². The number of hydrogen-bond acceptors (Lipinski definition) is 5. The number of nitro benzene ring substituents is 1. The summed E-state index contributed by atoms with van der Waals surface area (Å²) < 4.78 is 5.03. The Kier molecular flexibility index (Phi) is 3.70. The summed E-state index contributed by atoms with van der Waals surface area (Å²) in [7, 11) is 1.42. The summed E-state index contributed by atoms with van der Waals surface area (Å²) in [5.74, 6) is 0.276. The van der Waals surface area contributed by atoms with Gasteiger partial charge < -0.3 is 4.74 Å². The number of nitrogens with zero attached hydrogens (tertiary/aromatic N) is 2. The number of nitro groups is 1. The summed E-state index contributed by atoms with van der Waals surface area (Å²) in [4.78, 5) is 22.3. The quantitative estimate of drug-likeness (QED) is 0.620. The van der Waals surface area contributed by atoms with Crippen molar-refractivity contribution in [2.45, 2.75) is 25.7 Å². The topological polar surface area (TPSA) is 93.2 Å². The third kappa shape index (κ3) is 2.48. The first-order valence-electron chi connectivity index (χ1n) is 6.28. The van der Waals surface area contributed by atoms with Crippen LogP contribution in [0.15, 0.2) is 18.2 Å². The van der Waals surface area contributed by atoms with E-state index in [0.717, 1.165) is 0 Å². The normalized spacial score (nSPS) is 21.5. The molecular weight excluding hydrogens is 260 g/mol. The van der Waals surface area contributed by atoms with Gasteiger partial charge >= 0.3 is 0 Å². The van der Waals surface area contributed by atoms with Gasteiger partial charge in [-0.15, -0.1) is 0 Å². The lowest BCUT2D eigenvalue weighted by molar-refractivity contribution is -0.385. The van der Waals surface area contributed by atoms with Gasteiger partial charge in [0.15, 0.2) is 5.78 Å². The third-order valence-corrected chi connectivity index (χ3v) is 3.66. The summed E-state index contributed by atoms with van der Waals surface area (Å²) in [5.41, 5.74) is -0.564. The van der Waals surface area contributed by atoms with Crippen LogP contribution in [-0.4, -0.2) is 17.8 Å². The van der Waals surface area contributed by atoms with Crippen LogP contribution in [0.4, 0.5) is 5.69 Å². The molecule has 0 aliphatic heterocycles. The van der Waals surface area contributed by atoms with Crippen LogP contribution < -0.4 is 4.74 Å². The number of hydrogen-bond donors (Lipinski definition) is 0. The molecule has 1 aliphatic carbocycles. The van der Waals surface area contributed by atoms with Gasteiger partial charge in [-0.2, -0.15) is 5.26 Å². The van der Waals surface area contributed by atoms with Crippen LogP contribution in [0.1, 0.15) is 24.8 Å². The second-order valence-electron chi connectivity index (χ2n) is 4.94. The lowest BCUT2D eigenvalue weighted by Crippen LogP contribution is -2.26. The number of carbonyl (C=O) groups is 1. The summed E-state index contributed by atoms with van der Waals surface area (Å²) >= 11 is 0. The Bertz CT molecular complexity index is 606. The van der Waals surface area contributed by atoms with Crippen molar-refractivity contribution >= 4 is 11.5 Å². The number of benzene rings is 1. The smallest absolute Gasteiger partial charge is 0.273 e. The number of rotatable bonds is 4. The van der Waals surface area contributed by atoms with Gasteiger partial charge in [0.05, 0.1) is 24.2 Å². The third-order valence-electron chi connectivity index (χ3n) is 3.66. The molecular formula is C14H14N2O4. The zero-order valence-electron chi connectivity index (χ0n) is 11.1. The highest BCUT2D eigenvalue weighted by atomic mass is 16.6. The van der Waals surface area contributed by atoms with Crippen molar-refractivity contribution in [1.82, 2.24) is 0 Å². The zero-order chi connectivity index (χ0) is 14.8. The zero-order valence-corrected chi connectivity index (χ0v) is 11.1. The van der Waals surface area contributed by atoms with Crippen LogP contribution >= 0.6 is 0 Å². The molecule has 1 aromatic carbocycles. The molecule has 0 radical (unpaired) electrons. The number of Topliss-reactive ketones (excluding diaryl/α,β-unsaturated/α-hetero) is 1. The Balaban J connectivity index is 2.38. The highest BCUT2D eigenvalue weighted by molar-refractivity contribution is 5.89. The molecule has 1 saturated carbocycles. The largest absolute Gasteiger partial charge is 0.496 e. The minimum absolute atomic E-state index is 0.0783. The van der Waals surface area contributed by atoms with Gasteiger partial charge in [-0.05, 0) is 30.9 Å². The number of ketones is 1. The minimum Gasteiger partial charge on any atom is -0.496 e. The van der Waals surface area contributed by atoms with Crippen molar-refractivity contribution in [3.8, 4) is 11.8 Å². The second-order valence-corrected chi connectivity index (χ2v) is 4.94. The molecule has 20 heavy (non-hydrogen) atoms. The maximum Gasteiger partial charge on any atom is 0.273 e. The van der Waals surface area contributed by atoms with Gasteiger partial charge in [-0.1, -0.05) is 0 Å². The van der Waals surface area contributed by atoms with Gasteiger partial charge in [-0.3, -0.25) is 14.9 Å². The predicted octanol–water partition coefficient (Wildman–Crippen LogP) is 2.41. The summed E-state index contributed by atoms with van der Waals surface area (Å²) in [6.07, 6.45) is 1.80. The summed E-state index contributed by atoms with van der Waals surface area (Å²) in [5, 5.41) is 20.2. The van der Waals surface area contributed by atoms with E-state index < -0.39 is 10.3 Å². The first-order chi connectivity index (χ1) is 9.50. The standard InChI is InChI=1S/C14H14N2O4/c1-20-12-6-10(5-11(7-12)16(18)19)8-14(9-15)4-2-3-13(14)17/h5-7H,2-4,8H2,1H3. The van der Waals surface area contributed by atoms with Crippen molar-refractivity contribution < 1.29 is 14.5 Å². The molecule has 0 heterocycles. The summed E-state index contributed by atoms with van der Waals surface area (Å²) in [6, 6.07) is 6.45. The van der Waals surface area contributed by atoms with Gasteiger partial charge in [-0.25, -0.2) is 0 Å². The van der Waals surface area contributed by atoms with Crippen LogP contribution in [0.3, 0.4) is 0 Å². The number of ether oxygens (including phenoxy) is 1. The van der Waals surface area contributed by atoms with Crippen molar-refractivity contribution in [1.29, 1.82) is 5.26 Å². The molecule has 0 spiro atoms. The number of methoxy groups -OCH3 is 1. The Morgan fingerprint density at radius 2 is 2.25 bits per heavy atom. The first kappa shape index (κ1) is 14.0. The van der Waals surface area contributed by atoms with Crippen LogP contribution in [0.5, 0.6) is 5.75 Å². The van der Waals surface area contributed by atoms with Crippen LogP contribution in [0.25, 0.3) is 0 Å². The monoisotopic (exact) mass is 274 g/mol. The fourth-order valence-corrected chi connectivity index (χ4v) is 2.59. The highest BCUT2D eigenvalue weighted by Gasteiger charge is 2.42. The predicted molar refractivity (Wildman–Crippen MR) is 70.3 cm³/mol.